The minimum atomic E-state index is -1.28. The van der Waals surface area contributed by atoms with Crippen molar-refractivity contribution in [2.24, 2.45) is 0 Å². The highest BCUT2D eigenvalue weighted by Crippen LogP contribution is 2.33. The molecule has 0 aromatic heterocycles. The molecule has 0 unspecified atom stereocenters. The Hall–Kier alpha value is 1.66. The molecule has 0 aromatic rings. The molecule has 0 heterocycles. The topological polar surface area (TPSA) is 0 Å². The van der Waals surface area contributed by atoms with Crippen LogP contribution in [0.15, 0.2) is 0 Å². The smallest absolute Gasteiger partial charge is 0.0964 e. The maximum Gasteiger partial charge on any atom is 0.267 e. The zero-order valence-corrected chi connectivity index (χ0v) is 12.6. The lowest BCUT2D eigenvalue weighted by atomic mass is 10.2. The van der Waals surface area contributed by atoms with Crippen molar-refractivity contribution in [3.05, 3.63) is 0 Å². The Kier molecular flexibility index (Phi) is 8.17. The summed E-state index contributed by atoms with van der Waals surface area (Å²) < 4.78 is -1.28. The van der Waals surface area contributed by atoms with Crippen LogP contribution in [0.5, 0.6) is 0 Å². The molecule has 0 nitrogen and oxygen atoms in total. The van der Waals surface area contributed by atoms with Crippen LogP contribution in [-0.2, 0) is 0 Å². The van der Waals surface area contributed by atoms with Crippen molar-refractivity contribution in [1.82, 2.24) is 0 Å². The lowest BCUT2D eigenvalue weighted by molar-refractivity contribution is 0.655. The van der Waals surface area contributed by atoms with Crippen molar-refractivity contribution in [2.75, 3.05) is 0 Å². The molecule has 0 radical (unpaired) electrons. The average molecular weight is 367 g/mol. The quantitative estimate of drug-likeness (QED) is 0.349. The maximum atomic E-state index is 3.62. The molecule has 0 aliphatic rings. The van der Waals surface area contributed by atoms with Crippen molar-refractivity contribution in [2.45, 2.75) is 45.1 Å². The molecule has 0 fully saturated rings. The third kappa shape index (κ3) is 11.7. The second-order valence-electron chi connectivity index (χ2n) is 2.78. The van der Waals surface area contributed by atoms with Gasteiger partial charge in [-0.05, 0) is 6.04 Å². The first kappa shape index (κ1) is 12.7. The Bertz CT molecular complexity index is 90.2. The minimum Gasteiger partial charge on any atom is -0.0964 e. The summed E-state index contributed by atoms with van der Waals surface area (Å²) in [5.74, 6) is 0. The lowest BCUT2D eigenvalue weighted by Crippen LogP contribution is -2.04. The van der Waals surface area contributed by atoms with E-state index in [0.717, 1.165) is 0 Å². The van der Waals surface area contributed by atoms with E-state index in [1.807, 2.05) is 0 Å². The Labute approximate surface area is 94.3 Å². The molecule has 0 aromatic carbocycles. The Morgan fingerprint density at radius 2 is 1.45 bits per heavy atom. The predicted octanol–water partition coefficient (Wildman–Crippen LogP) is 5.08. The van der Waals surface area contributed by atoms with Crippen LogP contribution in [0.1, 0.15) is 39.0 Å². The molecule has 68 valence electrons. The highest BCUT2D eigenvalue weighted by atomic mass is 80.0. The van der Waals surface area contributed by atoms with E-state index in [9.17, 15) is 0 Å². The van der Waals surface area contributed by atoms with Crippen molar-refractivity contribution in [3.8, 4) is 0 Å². The van der Waals surface area contributed by atoms with Gasteiger partial charge in [-0.1, -0.05) is 84.9 Å². The van der Waals surface area contributed by atoms with Crippen LogP contribution in [0.4, 0.5) is 0 Å². The zero-order valence-electron chi connectivity index (χ0n) is 6.88. The second kappa shape index (κ2) is 7.10. The molecule has 0 saturated heterocycles. The molecule has 4 heteroatoms. The van der Waals surface area contributed by atoms with Gasteiger partial charge in [0.05, 0.1) is 0 Å². The minimum absolute atomic E-state index is 1.27. The predicted molar refractivity (Wildman–Crippen MR) is 66.1 cm³/mol. The number of unbranched alkanes of at least 4 members (excludes halogenated alkanes) is 4. The number of halogens is 3. The zero-order chi connectivity index (χ0) is 8.74. The van der Waals surface area contributed by atoms with Crippen LogP contribution in [0.3, 0.4) is 0 Å². The van der Waals surface area contributed by atoms with Crippen molar-refractivity contribution in [1.29, 1.82) is 0 Å². The molecular formula is C7H15Br3Si. The second-order valence-corrected chi connectivity index (χ2v) is 26.3. The van der Waals surface area contributed by atoms with E-state index in [1.165, 1.54) is 38.1 Å². The lowest BCUT2D eigenvalue weighted by Gasteiger charge is -2.07. The van der Waals surface area contributed by atoms with Crippen LogP contribution in [0.2, 0.25) is 6.04 Å². The molecule has 0 aliphatic heterocycles. The van der Waals surface area contributed by atoms with E-state index in [0.29, 0.717) is 0 Å². The summed E-state index contributed by atoms with van der Waals surface area (Å²) in [7, 11) is 0. The van der Waals surface area contributed by atoms with Gasteiger partial charge in [0.25, 0.3) is 3.93 Å². The molecule has 0 N–H and O–H groups in total. The third-order valence-corrected chi connectivity index (χ3v) is 6.05. The summed E-state index contributed by atoms with van der Waals surface area (Å²) in [6, 6.07) is 1.27. The fourth-order valence-electron chi connectivity index (χ4n) is 0.929. The Morgan fingerprint density at radius 3 is 1.91 bits per heavy atom. The summed E-state index contributed by atoms with van der Waals surface area (Å²) in [5, 5.41) is 0. The largest absolute Gasteiger partial charge is 0.267 e. The van der Waals surface area contributed by atoms with E-state index >= 15 is 0 Å². The molecule has 0 spiro atoms. The summed E-state index contributed by atoms with van der Waals surface area (Å²) >= 11 is 10.9. The van der Waals surface area contributed by atoms with Gasteiger partial charge in [-0.25, -0.2) is 0 Å². The standard InChI is InChI=1S/C7H15Br3Si/c1-2-3-4-5-6-7-11(8,9)10/h2-7H2,1H3. The van der Waals surface area contributed by atoms with Crippen molar-refractivity contribution < 1.29 is 0 Å². The highest BCUT2D eigenvalue weighted by molar-refractivity contribution is 9.72. The maximum absolute atomic E-state index is 3.62. The van der Waals surface area contributed by atoms with Crippen molar-refractivity contribution >= 4 is 49.8 Å². The fourth-order valence-corrected chi connectivity index (χ4v) is 4.10. The van der Waals surface area contributed by atoms with Crippen LogP contribution in [0.25, 0.3) is 0 Å². The normalized spacial score (nSPS) is 12.0. The van der Waals surface area contributed by atoms with Gasteiger partial charge >= 0.3 is 0 Å². The molecule has 11 heavy (non-hydrogen) atoms. The molecule has 0 saturated carbocycles. The first-order valence-electron chi connectivity index (χ1n) is 4.13. The fraction of sp³-hybridized carbons (Fsp3) is 1.00. The number of hydrogen-bond acceptors (Lipinski definition) is 0. The molecular weight excluding hydrogens is 352 g/mol. The van der Waals surface area contributed by atoms with Crippen LogP contribution >= 0.6 is 45.9 Å². The van der Waals surface area contributed by atoms with E-state index in [1.54, 1.807) is 0 Å². The van der Waals surface area contributed by atoms with Crippen LogP contribution in [0, 0.1) is 0 Å². The first-order valence-corrected chi connectivity index (χ1v) is 13.1. The van der Waals surface area contributed by atoms with Gasteiger partial charge < -0.3 is 0 Å². The highest BCUT2D eigenvalue weighted by Gasteiger charge is 2.20. The van der Waals surface area contributed by atoms with Gasteiger partial charge in [0, 0.05) is 0 Å². The number of rotatable bonds is 6. The van der Waals surface area contributed by atoms with Crippen LogP contribution in [-0.4, -0.2) is 3.93 Å². The molecule has 0 aliphatic carbocycles. The molecule has 0 rings (SSSR count). The van der Waals surface area contributed by atoms with Gasteiger partial charge in [-0.15, -0.1) is 0 Å². The van der Waals surface area contributed by atoms with E-state index in [4.69, 9.17) is 0 Å². The van der Waals surface area contributed by atoms with E-state index in [-0.39, 0.29) is 0 Å². The Morgan fingerprint density at radius 1 is 0.909 bits per heavy atom. The summed E-state index contributed by atoms with van der Waals surface area (Å²) in [6.07, 6.45) is 6.84. The van der Waals surface area contributed by atoms with E-state index in [2.05, 4.69) is 52.8 Å². The molecule has 0 amide bonds. The molecule has 0 bridgehead atoms. The van der Waals surface area contributed by atoms with Gasteiger partial charge in [0.1, 0.15) is 0 Å². The van der Waals surface area contributed by atoms with E-state index < -0.39 is 3.93 Å². The van der Waals surface area contributed by atoms with Gasteiger partial charge in [0.2, 0.25) is 0 Å². The number of hydrogen-bond donors (Lipinski definition) is 0. The van der Waals surface area contributed by atoms with Crippen LogP contribution < -0.4 is 0 Å². The van der Waals surface area contributed by atoms with Gasteiger partial charge in [0.15, 0.2) is 0 Å². The SMILES string of the molecule is CCCCCCC[Si](Br)(Br)Br. The average Bonchev–Trinajstić information content (AvgIpc) is 1.85. The third-order valence-electron chi connectivity index (χ3n) is 1.56. The Balaban J connectivity index is 3.02. The summed E-state index contributed by atoms with van der Waals surface area (Å²) in [4.78, 5) is 0. The summed E-state index contributed by atoms with van der Waals surface area (Å²) in [5.41, 5.74) is 0. The van der Waals surface area contributed by atoms with Gasteiger partial charge in [-0.2, -0.15) is 0 Å². The first-order chi connectivity index (χ1) is 5.06. The van der Waals surface area contributed by atoms with Gasteiger partial charge in [-0.3, -0.25) is 0 Å². The monoisotopic (exact) mass is 364 g/mol. The molecule has 0 atom stereocenters. The van der Waals surface area contributed by atoms with Crippen molar-refractivity contribution in [3.63, 3.8) is 0 Å². The summed E-state index contributed by atoms with van der Waals surface area (Å²) in [6.45, 7) is 2.25.